The molecular weight excluding hydrogens is 301 g/mol. The number of ether oxygens (including phenoxy) is 1. The van der Waals surface area contributed by atoms with Crippen LogP contribution in [0, 0.1) is 0 Å². The van der Waals surface area contributed by atoms with Crippen LogP contribution in [0.1, 0.15) is 6.23 Å². The van der Waals surface area contributed by atoms with Gasteiger partial charge in [0.05, 0.1) is 12.9 Å². The van der Waals surface area contributed by atoms with Crippen LogP contribution in [0.15, 0.2) is 24.8 Å². The van der Waals surface area contributed by atoms with Crippen LogP contribution in [-0.4, -0.2) is 42.0 Å². The molecule has 0 aliphatic carbocycles. The minimum absolute atomic E-state index is 0.249. The number of phosphoric ester groups is 1. The lowest BCUT2D eigenvalue weighted by Crippen LogP contribution is -2.17. The number of aromatic nitrogens is 4. The predicted octanol–water partition coefficient (Wildman–Crippen LogP) is -0.0286. The van der Waals surface area contributed by atoms with Gasteiger partial charge in [0.1, 0.15) is 17.9 Å². The summed E-state index contributed by atoms with van der Waals surface area (Å²) < 4.78 is 22.3. The van der Waals surface area contributed by atoms with Crippen molar-refractivity contribution in [2.75, 3.05) is 12.3 Å². The molecule has 0 bridgehead atoms. The Morgan fingerprint density at radius 3 is 2.95 bits per heavy atom. The quantitative estimate of drug-likeness (QED) is 0.523. The minimum Gasteiger partial charge on any atom is -0.382 e. The van der Waals surface area contributed by atoms with Gasteiger partial charge in [0, 0.05) is 0 Å². The average Bonchev–Trinajstić information content (AvgIpc) is 3.02. The molecule has 10 nitrogen and oxygen atoms in total. The molecule has 1 aliphatic heterocycles. The van der Waals surface area contributed by atoms with E-state index in [-0.39, 0.29) is 12.4 Å². The van der Waals surface area contributed by atoms with Crippen LogP contribution >= 0.6 is 7.82 Å². The molecule has 4 N–H and O–H groups in total. The van der Waals surface area contributed by atoms with Gasteiger partial charge in [-0.3, -0.25) is 9.09 Å². The highest BCUT2D eigenvalue weighted by Gasteiger charge is 2.25. The fraction of sp³-hybridized carbons (Fsp3) is 0.300. The first kappa shape index (κ1) is 14.1. The molecular formula is C10H12N5O5P. The molecule has 0 amide bonds. The molecule has 0 spiro atoms. The van der Waals surface area contributed by atoms with Crippen LogP contribution in [0.3, 0.4) is 0 Å². The highest BCUT2D eigenvalue weighted by Crippen LogP contribution is 2.37. The Balaban J connectivity index is 1.75. The molecule has 11 heteroatoms. The molecule has 1 aliphatic rings. The standard InChI is InChI=1S/C10H12N5O5P/c11-9-8-10(13-4-12-9)15(5-14-8)7-2-1-6(20-7)3-19-21(16,17)18/h1-2,4-7H,3H2,(H2,11,12,13)(H2,16,17,18)/t6-,7+/m0/s1. The van der Waals surface area contributed by atoms with Crippen LogP contribution in [-0.2, 0) is 13.8 Å². The van der Waals surface area contributed by atoms with E-state index in [1.807, 2.05) is 0 Å². The normalized spacial score (nSPS) is 22.2. The van der Waals surface area contributed by atoms with E-state index in [2.05, 4.69) is 19.5 Å². The van der Waals surface area contributed by atoms with Gasteiger partial charge < -0.3 is 20.3 Å². The number of nitrogen functional groups attached to an aromatic ring is 1. The second-order valence-corrected chi connectivity index (χ2v) is 5.56. The summed E-state index contributed by atoms with van der Waals surface area (Å²) in [5.74, 6) is 0.266. The van der Waals surface area contributed by atoms with Crippen LogP contribution in [0.5, 0.6) is 0 Å². The Bertz CT molecular complexity index is 741. The molecule has 0 saturated carbocycles. The summed E-state index contributed by atoms with van der Waals surface area (Å²) in [7, 11) is -4.51. The van der Waals surface area contributed by atoms with Gasteiger partial charge in [0.2, 0.25) is 0 Å². The number of fused-ring (bicyclic) bond motifs is 1. The van der Waals surface area contributed by atoms with Crippen molar-refractivity contribution in [3.05, 3.63) is 24.8 Å². The second kappa shape index (κ2) is 5.17. The van der Waals surface area contributed by atoms with Crippen molar-refractivity contribution in [2.45, 2.75) is 12.3 Å². The van der Waals surface area contributed by atoms with Gasteiger partial charge in [-0.1, -0.05) is 6.08 Å². The number of nitrogens with zero attached hydrogens (tertiary/aromatic N) is 4. The molecule has 2 atom stereocenters. The maximum Gasteiger partial charge on any atom is 0.469 e. The summed E-state index contributed by atoms with van der Waals surface area (Å²) >= 11 is 0. The number of hydrogen-bond acceptors (Lipinski definition) is 7. The van der Waals surface area contributed by atoms with Crippen LogP contribution in [0.2, 0.25) is 0 Å². The lowest BCUT2D eigenvalue weighted by molar-refractivity contribution is -0.00656. The molecule has 112 valence electrons. The van der Waals surface area contributed by atoms with Gasteiger partial charge in [-0.2, -0.15) is 0 Å². The Morgan fingerprint density at radius 1 is 1.38 bits per heavy atom. The molecule has 0 aromatic carbocycles. The smallest absolute Gasteiger partial charge is 0.382 e. The van der Waals surface area contributed by atoms with Crippen LogP contribution in [0.4, 0.5) is 5.82 Å². The van der Waals surface area contributed by atoms with E-state index in [0.717, 1.165) is 0 Å². The van der Waals surface area contributed by atoms with Crippen molar-refractivity contribution < 1.29 is 23.6 Å². The SMILES string of the molecule is Nc1ncnc2c1ncn2[C@H]1C=C[C@@H](COP(=O)(O)O)O1. The number of nitrogens with two attached hydrogens (primary N) is 1. The molecule has 21 heavy (non-hydrogen) atoms. The van der Waals surface area contributed by atoms with Gasteiger partial charge in [-0.05, 0) is 6.08 Å². The topological polar surface area (TPSA) is 146 Å². The minimum atomic E-state index is -4.51. The first-order valence-corrected chi connectivity index (χ1v) is 7.44. The lowest BCUT2D eigenvalue weighted by atomic mass is 10.4. The monoisotopic (exact) mass is 313 g/mol. The van der Waals surface area contributed by atoms with E-state index in [9.17, 15) is 4.57 Å². The highest BCUT2D eigenvalue weighted by atomic mass is 31.2. The number of imidazole rings is 1. The lowest BCUT2D eigenvalue weighted by Gasteiger charge is -2.15. The van der Waals surface area contributed by atoms with Crippen LogP contribution < -0.4 is 5.73 Å². The van der Waals surface area contributed by atoms with Crippen molar-refractivity contribution in [1.29, 1.82) is 0 Å². The number of phosphoric acid groups is 1. The zero-order valence-corrected chi connectivity index (χ0v) is 11.5. The number of anilines is 1. The molecule has 0 fully saturated rings. The molecule has 0 radical (unpaired) electrons. The average molecular weight is 313 g/mol. The summed E-state index contributed by atoms with van der Waals surface area (Å²) in [5.41, 5.74) is 6.67. The fourth-order valence-electron chi connectivity index (χ4n) is 1.97. The Kier molecular flexibility index (Phi) is 3.47. The predicted molar refractivity (Wildman–Crippen MR) is 70.8 cm³/mol. The first-order valence-electron chi connectivity index (χ1n) is 5.91. The zero-order valence-electron chi connectivity index (χ0n) is 10.6. The third-order valence-electron chi connectivity index (χ3n) is 2.87. The van der Waals surface area contributed by atoms with Crippen molar-refractivity contribution >= 4 is 24.8 Å². The third-order valence-corrected chi connectivity index (χ3v) is 3.36. The third kappa shape index (κ3) is 2.94. The fourth-order valence-corrected chi connectivity index (χ4v) is 2.31. The van der Waals surface area contributed by atoms with Crippen molar-refractivity contribution in [3.63, 3.8) is 0 Å². The van der Waals surface area contributed by atoms with Crippen molar-refractivity contribution in [1.82, 2.24) is 19.5 Å². The highest BCUT2D eigenvalue weighted by molar-refractivity contribution is 7.46. The maximum absolute atomic E-state index is 10.7. The van der Waals surface area contributed by atoms with E-state index in [0.29, 0.717) is 11.2 Å². The summed E-state index contributed by atoms with van der Waals surface area (Å²) in [6, 6.07) is 0. The zero-order chi connectivity index (χ0) is 15.0. The Morgan fingerprint density at radius 2 is 2.19 bits per heavy atom. The number of rotatable bonds is 4. The maximum atomic E-state index is 10.7. The van der Waals surface area contributed by atoms with Crippen LogP contribution in [0.25, 0.3) is 11.2 Å². The van der Waals surface area contributed by atoms with E-state index in [4.69, 9.17) is 20.3 Å². The molecule has 2 aromatic rings. The summed E-state index contributed by atoms with van der Waals surface area (Å²) in [4.78, 5) is 29.4. The molecule has 2 aromatic heterocycles. The van der Waals surface area contributed by atoms with Gasteiger partial charge in [0.15, 0.2) is 17.7 Å². The van der Waals surface area contributed by atoms with Crippen molar-refractivity contribution in [3.8, 4) is 0 Å². The summed E-state index contributed by atoms with van der Waals surface area (Å²) in [5, 5.41) is 0. The van der Waals surface area contributed by atoms with Gasteiger partial charge in [-0.25, -0.2) is 19.5 Å². The van der Waals surface area contributed by atoms with Gasteiger partial charge in [-0.15, -0.1) is 0 Å². The largest absolute Gasteiger partial charge is 0.469 e. The van der Waals surface area contributed by atoms with E-state index >= 15 is 0 Å². The first-order chi connectivity index (χ1) is 9.94. The number of hydrogen-bond donors (Lipinski definition) is 3. The second-order valence-electron chi connectivity index (χ2n) is 4.32. The van der Waals surface area contributed by atoms with Gasteiger partial charge in [0.25, 0.3) is 0 Å². The van der Waals surface area contributed by atoms with E-state index in [1.54, 1.807) is 16.7 Å². The Labute approximate surface area is 118 Å². The molecule has 0 saturated heterocycles. The van der Waals surface area contributed by atoms with Gasteiger partial charge >= 0.3 is 7.82 Å². The van der Waals surface area contributed by atoms with Crippen molar-refractivity contribution in [2.24, 2.45) is 0 Å². The molecule has 3 rings (SSSR count). The molecule has 0 unspecified atom stereocenters. The Hall–Kier alpha value is -1.84. The summed E-state index contributed by atoms with van der Waals surface area (Å²) in [6.07, 6.45) is 5.12. The van der Waals surface area contributed by atoms with E-state index < -0.39 is 20.2 Å². The van der Waals surface area contributed by atoms with E-state index in [1.165, 1.54) is 12.7 Å². The summed E-state index contributed by atoms with van der Waals surface area (Å²) in [6.45, 7) is -0.249. The molecule has 3 heterocycles.